The third-order valence-corrected chi connectivity index (χ3v) is 3.31. The van der Waals surface area contributed by atoms with E-state index in [0.29, 0.717) is 13.0 Å². The second kappa shape index (κ2) is 8.82. The van der Waals surface area contributed by atoms with Crippen LogP contribution in [-0.2, 0) is 11.3 Å². The molecule has 0 fully saturated rings. The van der Waals surface area contributed by atoms with E-state index in [9.17, 15) is 4.79 Å². The van der Waals surface area contributed by atoms with E-state index in [1.54, 1.807) is 0 Å². The number of anilines is 1. The Morgan fingerprint density at radius 1 is 1.09 bits per heavy atom. The lowest BCUT2D eigenvalue weighted by atomic mass is 10.2. The zero-order chi connectivity index (χ0) is 15.6. The maximum Gasteiger partial charge on any atom is 0.224 e. The van der Waals surface area contributed by atoms with Crippen LogP contribution in [0.15, 0.2) is 54.9 Å². The van der Waals surface area contributed by atoms with Crippen LogP contribution in [0, 0.1) is 0 Å². The highest BCUT2D eigenvalue weighted by molar-refractivity contribution is 5.92. The minimum Gasteiger partial charge on any atom is -0.492 e. The molecular formula is C18H23N2O2+. The van der Waals surface area contributed by atoms with Gasteiger partial charge in [0.05, 0.1) is 12.3 Å². The van der Waals surface area contributed by atoms with Gasteiger partial charge in [-0.3, -0.25) is 4.79 Å². The fourth-order valence-corrected chi connectivity index (χ4v) is 2.23. The Morgan fingerprint density at radius 3 is 2.64 bits per heavy atom. The molecule has 0 atom stereocenters. The first kappa shape index (κ1) is 16.0. The molecule has 1 amide bonds. The topological polar surface area (TPSA) is 42.2 Å². The Balaban J connectivity index is 1.74. The molecule has 1 aromatic carbocycles. The predicted molar refractivity (Wildman–Crippen MR) is 86.7 cm³/mol. The molecule has 2 rings (SSSR count). The van der Waals surface area contributed by atoms with Crippen molar-refractivity contribution in [3.05, 3.63) is 54.9 Å². The highest BCUT2D eigenvalue weighted by Gasteiger charge is 2.07. The van der Waals surface area contributed by atoms with Gasteiger partial charge in [0.1, 0.15) is 12.3 Å². The standard InChI is InChI=1S/C18H22N2O2/c1-2-22-17-11-5-4-10-16(17)19-18(21)12-6-9-15-20-13-7-3-8-14-20/h3-5,7-8,10-11,13-14H,2,6,9,12,15H2,1H3/p+1. The number of ether oxygens (including phenoxy) is 1. The molecule has 0 aliphatic heterocycles. The molecule has 0 spiro atoms. The molecule has 1 heterocycles. The quantitative estimate of drug-likeness (QED) is 0.601. The van der Waals surface area contributed by atoms with Gasteiger partial charge in [0.15, 0.2) is 12.4 Å². The molecule has 0 aliphatic carbocycles. The first-order valence-corrected chi connectivity index (χ1v) is 7.75. The van der Waals surface area contributed by atoms with Crippen molar-refractivity contribution in [2.24, 2.45) is 0 Å². The van der Waals surface area contributed by atoms with Gasteiger partial charge in [0.25, 0.3) is 0 Å². The van der Waals surface area contributed by atoms with Gasteiger partial charge in [0.2, 0.25) is 5.91 Å². The largest absolute Gasteiger partial charge is 0.492 e. The van der Waals surface area contributed by atoms with E-state index in [2.05, 4.69) is 9.88 Å². The molecule has 1 aromatic heterocycles. The average molecular weight is 299 g/mol. The molecule has 22 heavy (non-hydrogen) atoms. The Bertz CT molecular complexity index is 585. The second-order valence-corrected chi connectivity index (χ2v) is 5.05. The predicted octanol–water partition coefficient (Wildman–Crippen LogP) is 3.18. The zero-order valence-corrected chi connectivity index (χ0v) is 13.0. The maximum atomic E-state index is 12.0. The number of aryl methyl sites for hydroxylation is 1. The van der Waals surface area contributed by atoms with Crippen molar-refractivity contribution >= 4 is 11.6 Å². The van der Waals surface area contributed by atoms with Gasteiger partial charge < -0.3 is 10.1 Å². The molecule has 0 radical (unpaired) electrons. The van der Waals surface area contributed by atoms with Crippen LogP contribution >= 0.6 is 0 Å². The Morgan fingerprint density at radius 2 is 1.86 bits per heavy atom. The van der Waals surface area contributed by atoms with Crippen LogP contribution in [0.2, 0.25) is 0 Å². The molecule has 0 bridgehead atoms. The summed E-state index contributed by atoms with van der Waals surface area (Å²) in [5.74, 6) is 0.753. The van der Waals surface area contributed by atoms with Gasteiger partial charge in [-0.15, -0.1) is 0 Å². The first-order valence-electron chi connectivity index (χ1n) is 7.75. The molecule has 4 heteroatoms. The molecule has 1 N–H and O–H groups in total. The molecule has 0 saturated carbocycles. The van der Waals surface area contributed by atoms with E-state index in [0.717, 1.165) is 30.8 Å². The first-order chi connectivity index (χ1) is 10.8. The van der Waals surface area contributed by atoms with Crippen LogP contribution in [0.1, 0.15) is 26.2 Å². The summed E-state index contributed by atoms with van der Waals surface area (Å²) in [4.78, 5) is 12.0. The summed E-state index contributed by atoms with van der Waals surface area (Å²) in [6, 6.07) is 13.5. The van der Waals surface area contributed by atoms with Gasteiger partial charge in [-0.25, -0.2) is 4.57 Å². The van der Waals surface area contributed by atoms with Crippen LogP contribution in [0.5, 0.6) is 5.75 Å². The molecule has 116 valence electrons. The highest BCUT2D eigenvalue weighted by atomic mass is 16.5. The van der Waals surface area contributed by atoms with Gasteiger partial charge in [0, 0.05) is 25.0 Å². The minimum absolute atomic E-state index is 0.0326. The Kier molecular flexibility index (Phi) is 6.42. The highest BCUT2D eigenvalue weighted by Crippen LogP contribution is 2.23. The van der Waals surface area contributed by atoms with E-state index in [4.69, 9.17) is 4.74 Å². The number of para-hydroxylation sites is 2. The molecule has 0 saturated heterocycles. The number of nitrogens with zero attached hydrogens (tertiary/aromatic N) is 1. The van der Waals surface area contributed by atoms with E-state index in [-0.39, 0.29) is 5.91 Å². The Hall–Kier alpha value is -2.36. The molecular weight excluding hydrogens is 276 g/mol. The van der Waals surface area contributed by atoms with E-state index >= 15 is 0 Å². The van der Waals surface area contributed by atoms with Crippen molar-refractivity contribution < 1.29 is 14.1 Å². The van der Waals surface area contributed by atoms with Crippen LogP contribution in [0.25, 0.3) is 0 Å². The van der Waals surface area contributed by atoms with E-state index < -0.39 is 0 Å². The summed E-state index contributed by atoms with van der Waals surface area (Å²) in [6.07, 6.45) is 6.45. The zero-order valence-electron chi connectivity index (χ0n) is 13.0. The van der Waals surface area contributed by atoms with Crippen molar-refractivity contribution in [2.75, 3.05) is 11.9 Å². The smallest absolute Gasteiger partial charge is 0.224 e. The lowest BCUT2D eigenvalue weighted by Crippen LogP contribution is -2.32. The van der Waals surface area contributed by atoms with Gasteiger partial charge in [-0.1, -0.05) is 18.2 Å². The summed E-state index contributed by atoms with van der Waals surface area (Å²) in [5, 5.41) is 2.92. The average Bonchev–Trinajstić information content (AvgIpc) is 2.55. The number of rotatable bonds is 8. The lowest BCUT2D eigenvalue weighted by molar-refractivity contribution is -0.697. The number of pyridine rings is 1. The number of amides is 1. The third-order valence-electron chi connectivity index (χ3n) is 3.31. The Labute approximate surface area is 131 Å². The van der Waals surface area contributed by atoms with Crippen molar-refractivity contribution in [3.63, 3.8) is 0 Å². The molecule has 4 nitrogen and oxygen atoms in total. The number of aromatic nitrogens is 1. The van der Waals surface area contributed by atoms with Gasteiger partial charge in [-0.2, -0.15) is 0 Å². The second-order valence-electron chi connectivity index (χ2n) is 5.05. The maximum absolute atomic E-state index is 12.0. The lowest BCUT2D eigenvalue weighted by Gasteiger charge is -2.10. The summed E-state index contributed by atoms with van der Waals surface area (Å²) in [6.45, 7) is 3.45. The van der Waals surface area contributed by atoms with Crippen LogP contribution < -0.4 is 14.6 Å². The summed E-state index contributed by atoms with van der Waals surface area (Å²) < 4.78 is 7.63. The summed E-state index contributed by atoms with van der Waals surface area (Å²) in [5.41, 5.74) is 0.742. The molecule has 0 aliphatic rings. The molecule has 0 unspecified atom stereocenters. The third kappa shape index (κ3) is 5.20. The summed E-state index contributed by atoms with van der Waals surface area (Å²) in [7, 11) is 0. The van der Waals surface area contributed by atoms with Crippen molar-refractivity contribution in [3.8, 4) is 5.75 Å². The normalized spacial score (nSPS) is 10.2. The fraction of sp³-hybridized carbons (Fsp3) is 0.333. The fourth-order valence-electron chi connectivity index (χ4n) is 2.23. The van der Waals surface area contributed by atoms with Crippen molar-refractivity contribution in [2.45, 2.75) is 32.7 Å². The van der Waals surface area contributed by atoms with Crippen LogP contribution in [-0.4, -0.2) is 12.5 Å². The van der Waals surface area contributed by atoms with Gasteiger partial charge in [-0.05, 0) is 25.5 Å². The number of hydrogen-bond donors (Lipinski definition) is 1. The number of unbranched alkanes of at least 4 members (excludes halogenated alkanes) is 1. The number of nitrogens with one attached hydrogen (secondary N) is 1. The number of benzene rings is 1. The summed E-state index contributed by atoms with van der Waals surface area (Å²) >= 11 is 0. The number of carbonyl (C=O) groups excluding carboxylic acids is 1. The minimum atomic E-state index is 0.0326. The SMILES string of the molecule is CCOc1ccccc1NC(=O)CCCC[n+]1ccccc1. The van der Waals surface area contributed by atoms with Crippen molar-refractivity contribution in [1.82, 2.24) is 0 Å². The van der Waals surface area contributed by atoms with Crippen LogP contribution in [0.3, 0.4) is 0 Å². The number of hydrogen-bond acceptors (Lipinski definition) is 2. The van der Waals surface area contributed by atoms with E-state index in [1.165, 1.54) is 0 Å². The van der Waals surface area contributed by atoms with Gasteiger partial charge >= 0.3 is 0 Å². The van der Waals surface area contributed by atoms with Crippen molar-refractivity contribution in [1.29, 1.82) is 0 Å². The monoisotopic (exact) mass is 299 g/mol. The van der Waals surface area contributed by atoms with E-state index in [1.807, 2.05) is 61.8 Å². The number of carbonyl (C=O) groups is 1. The molecule has 2 aromatic rings. The van der Waals surface area contributed by atoms with Crippen LogP contribution in [0.4, 0.5) is 5.69 Å².